The minimum Gasteiger partial charge on any atom is -0.393 e. The van der Waals surface area contributed by atoms with Crippen molar-refractivity contribution in [1.82, 2.24) is 10.3 Å². The number of aromatic nitrogens is 1. The summed E-state index contributed by atoms with van der Waals surface area (Å²) < 4.78 is 0. The third-order valence-corrected chi connectivity index (χ3v) is 3.03. The number of hydrogen-bond donors (Lipinski definition) is 2. The molecule has 0 aromatic carbocycles. The van der Waals surface area contributed by atoms with Crippen molar-refractivity contribution < 1.29 is 9.90 Å². The van der Waals surface area contributed by atoms with Crippen LogP contribution in [0, 0.1) is 5.41 Å². The van der Waals surface area contributed by atoms with Crippen LogP contribution in [-0.2, 0) is 0 Å². The molecule has 0 bridgehead atoms. The van der Waals surface area contributed by atoms with Crippen molar-refractivity contribution in [3.63, 3.8) is 0 Å². The third kappa shape index (κ3) is 4.81. The Morgan fingerprint density at radius 1 is 1.50 bits per heavy atom. The predicted molar refractivity (Wildman–Crippen MR) is 81.0 cm³/mol. The number of anilines is 1. The summed E-state index contributed by atoms with van der Waals surface area (Å²) in [7, 11) is 3.72. The number of carbonyl (C=O) groups excluding carboxylic acids is 1. The maximum atomic E-state index is 12.3. The maximum absolute atomic E-state index is 12.3. The van der Waals surface area contributed by atoms with Gasteiger partial charge in [-0.1, -0.05) is 13.8 Å². The number of hydrogen-bond acceptors (Lipinski definition) is 4. The van der Waals surface area contributed by atoms with Crippen molar-refractivity contribution in [3.8, 4) is 0 Å². The minimum atomic E-state index is -0.377. The number of rotatable bonds is 6. The van der Waals surface area contributed by atoms with Gasteiger partial charge in [-0.05, 0) is 30.9 Å². The van der Waals surface area contributed by atoms with E-state index in [0.29, 0.717) is 24.3 Å². The van der Waals surface area contributed by atoms with E-state index in [2.05, 4.69) is 10.3 Å². The number of nitrogens with zero attached hydrogens (tertiary/aromatic N) is 2. The van der Waals surface area contributed by atoms with E-state index in [1.807, 2.05) is 32.8 Å². The van der Waals surface area contributed by atoms with Gasteiger partial charge in [-0.3, -0.25) is 4.79 Å². The van der Waals surface area contributed by atoms with Crippen LogP contribution in [0.15, 0.2) is 18.3 Å². The maximum Gasteiger partial charge on any atom is 0.255 e. The van der Waals surface area contributed by atoms with Crippen LogP contribution in [0.4, 0.5) is 5.82 Å². The van der Waals surface area contributed by atoms with Crippen molar-refractivity contribution in [2.75, 3.05) is 25.5 Å². The highest BCUT2D eigenvalue weighted by atomic mass is 16.3. The summed E-state index contributed by atoms with van der Waals surface area (Å²) in [6.45, 7) is 6.32. The third-order valence-electron chi connectivity index (χ3n) is 3.03. The van der Waals surface area contributed by atoms with Crippen molar-refractivity contribution >= 4 is 11.7 Å². The van der Waals surface area contributed by atoms with Gasteiger partial charge in [-0.15, -0.1) is 0 Å². The second-order valence-electron chi connectivity index (χ2n) is 6.17. The second-order valence-corrected chi connectivity index (χ2v) is 6.17. The Hall–Kier alpha value is -1.62. The highest BCUT2D eigenvalue weighted by molar-refractivity contribution is 5.98. The van der Waals surface area contributed by atoms with Crippen LogP contribution < -0.4 is 10.2 Å². The van der Waals surface area contributed by atoms with Crippen LogP contribution >= 0.6 is 0 Å². The lowest BCUT2D eigenvalue weighted by Crippen LogP contribution is -2.36. The average Bonchev–Trinajstić information content (AvgIpc) is 2.34. The van der Waals surface area contributed by atoms with Gasteiger partial charge in [-0.25, -0.2) is 4.98 Å². The SMILES string of the molecule is CC(O)CC(C)(C)CNC(=O)c1cccnc1N(C)C. The molecule has 1 amide bonds. The Labute approximate surface area is 121 Å². The fourth-order valence-electron chi connectivity index (χ4n) is 2.22. The Kier molecular flexibility index (Phi) is 5.51. The fourth-order valence-corrected chi connectivity index (χ4v) is 2.22. The minimum absolute atomic E-state index is 0.138. The highest BCUT2D eigenvalue weighted by Crippen LogP contribution is 2.22. The first kappa shape index (κ1) is 16.4. The molecule has 2 N–H and O–H groups in total. The van der Waals surface area contributed by atoms with Gasteiger partial charge in [-0.2, -0.15) is 0 Å². The molecule has 1 aromatic heterocycles. The van der Waals surface area contributed by atoms with Gasteiger partial charge >= 0.3 is 0 Å². The van der Waals surface area contributed by atoms with E-state index in [1.54, 1.807) is 25.3 Å². The molecule has 1 unspecified atom stereocenters. The molecule has 0 aliphatic carbocycles. The molecule has 1 aromatic rings. The van der Waals surface area contributed by atoms with Crippen molar-refractivity contribution in [2.45, 2.75) is 33.3 Å². The van der Waals surface area contributed by atoms with Gasteiger partial charge in [0.1, 0.15) is 5.82 Å². The summed E-state index contributed by atoms with van der Waals surface area (Å²) in [6.07, 6.45) is 1.93. The van der Waals surface area contributed by atoms with E-state index in [4.69, 9.17) is 0 Å². The Morgan fingerprint density at radius 3 is 2.70 bits per heavy atom. The van der Waals surface area contributed by atoms with E-state index in [0.717, 1.165) is 0 Å². The number of pyridine rings is 1. The number of aliphatic hydroxyl groups excluding tert-OH is 1. The standard InChI is InChI=1S/C15H25N3O2/c1-11(19)9-15(2,3)10-17-14(20)12-7-6-8-16-13(12)18(4)5/h6-8,11,19H,9-10H2,1-5H3,(H,17,20). The van der Waals surface area contributed by atoms with Gasteiger partial charge in [0.15, 0.2) is 0 Å². The van der Waals surface area contributed by atoms with Gasteiger partial charge in [0.25, 0.3) is 5.91 Å². The van der Waals surface area contributed by atoms with Crippen molar-refractivity contribution in [3.05, 3.63) is 23.9 Å². The Balaban J connectivity index is 2.73. The van der Waals surface area contributed by atoms with Crippen LogP contribution in [0.25, 0.3) is 0 Å². The molecule has 0 saturated carbocycles. The molecule has 5 heteroatoms. The van der Waals surface area contributed by atoms with Gasteiger partial charge in [0.05, 0.1) is 11.7 Å². The molecule has 1 rings (SSSR count). The molecule has 0 radical (unpaired) electrons. The van der Waals surface area contributed by atoms with E-state index in [9.17, 15) is 9.90 Å². The first-order valence-electron chi connectivity index (χ1n) is 6.81. The van der Waals surface area contributed by atoms with Crippen LogP contribution in [0.5, 0.6) is 0 Å². The molecule has 0 saturated heterocycles. The first-order valence-corrected chi connectivity index (χ1v) is 6.81. The van der Waals surface area contributed by atoms with Crippen molar-refractivity contribution in [1.29, 1.82) is 0 Å². The summed E-state index contributed by atoms with van der Waals surface area (Å²) in [6, 6.07) is 3.52. The van der Waals surface area contributed by atoms with Crippen molar-refractivity contribution in [2.24, 2.45) is 5.41 Å². The first-order chi connectivity index (χ1) is 9.23. The molecule has 0 aliphatic rings. The van der Waals surface area contributed by atoms with E-state index in [-0.39, 0.29) is 17.4 Å². The Bertz CT molecular complexity index is 456. The lowest BCUT2D eigenvalue weighted by atomic mass is 9.87. The van der Waals surface area contributed by atoms with Crippen LogP contribution in [0.3, 0.4) is 0 Å². The average molecular weight is 279 g/mol. The fraction of sp³-hybridized carbons (Fsp3) is 0.600. The molecule has 0 fully saturated rings. The van der Waals surface area contributed by atoms with E-state index >= 15 is 0 Å². The zero-order chi connectivity index (χ0) is 15.3. The van der Waals surface area contributed by atoms with Crippen LogP contribution in [0.2, 0.25) is 0 Å². The number of amides is 1. The summed E-state index contributed by atoms with van der Waals surface area (Å²) in [4.78, 5) is 18.3. The van der Waals surface area contributed by atoms with Gasteiger partial charge < -0.3 is 15.3 Å². The highest BCUT2D eigenvalue weighted by Gasteiger charge is 2.22. The van der Waals surface area contributed by atoms with E-state index in [1.165, 1.54) is 0 Å². The van der Waals surface area contributed by atoms with Gasteiger partial charge in [0, 0.05) is 26.8 Å². The predicted octanol–water partition coefficient (Wildman–Crippen LogP) is 1.67. The molecule has 5 nitrogen and oxygen atoms in total. The molecule has 1 heterocycles. The van der Waals surface area contributed by atoms with Gasteiger partial charge in [0.2, 0.25) is 0 Å². The molecule has 0 aliphatic heterocycles. The summed E-state index contributed by atoms with van der Waals surface area (Å²) in [5.41, 5.74) is 0.412. The molecular weight excluding hydrogens is 254 g/mol. The summed E-state index contributed by atoms with van der Waals surface area (Å²) >= 11 is 0. The topological polar surface area (TPSA) is 65.5 Å². The zero-order valence-electron chi connectivity index (χ0n) is 13.0. The lowest BCUT2D eigenvalue weighted by Gasteiger charge is -2.26. The summed E-state index contributed by atoms with van der Waals surface area (Å²) in [5, 5.41) is 12.4. The molecule has 1 atom stereocenters. The largest absolute Gasteiger partial charge is 0.393 e. The Morgan fingerprint density at radius 2 is 2.15 bits per heavy atom. The number of nitrogens with one attached hydrogen (secondary N) is 1. The molecule has 20 heavy (non-hydrogen) atoms. The summed E-state index contributed by atoms with van der Waals surface area (Å²) in [5.74, 6) is 0.513. The normalized spacial score (nSPS) is 12.9. The lowest BCUT2D eigenvalue weighted by molar-refractivity contribution is 0.0902. The van der Waals surface area contributed by atoms with Crippen LogP contribution in [0.1, 0.15) is 37.6 Å². The molecule has 112 valence electrons. The molecule has 0 spiro atoms. The van der Waals surface area contributed by atoms with Crippen LogP contribution in [-0.4, -0.2) is 42.7 Å². The number of aliphatic hydroxyl groups is 1. The second kappa shape index (κ2) is 6.70. The number of carbonyl (C=O) groups is 1. The zero-order valence-corrected chi connectivity index (χ0v) is 13.0. The monoisotopic (exact) mass is 279 g/mol. The van der Waals surface area contributed by atoms with E-state index < -0.39 is 0 Å². The molecular formula is C15H25N3O2. The quantitative estimate of drug-likeness (QED) is 0.831. The smallest absolute Gasteiger partial charge is 0.255 e.